The number of alkyl halides is 3. The van der Waals surface area contributed by atoms with E-state index >= 15 is 0 Å². The van der Waals surface area contributed by atoms with Crippen LogP contribution in [0.5, 0.6) is 0 Å². The van der Waals surface area contributed by atoms with Crippen molar-refractivity contribution in [3.63, 3.8) is 0 Å². The molecule has 3 rings (SSSR count). The summed E-state index contributed by atoms with van der Waals surface area (Å²) in [7, 11) is 0. The maximum Gasteiger partial charge on any atom is 0.417 e. The van der Waals surface area contributed by atoms with Gasteiger partial charge in [-0.15, -0.1) is 0 Å². The average Bonchev–Trinajstić information content (AvgIpc) is 2.61. The van der Waals surface area contributed by atoms with Gasteiger partial charge in [-0.25, -0.2) is 13.8 Å². The van der Waals surface area contributed by atoms with Gasteiger partial charge in [-0.05, 0) is 30.3 Å². The normalized spacial score (nSPS) is 11.6. The molecule has 0 spiro atoms. The van der Waals surface area contributed by atoms with Crippen molar-refractivity contribution in [2.45, 2.75) is 6.18 Å². The minimum atomic E-state index is -4.44. The Morgan fingerprint density at radius 2 is 1.58 bits per heavy atom. The maximum absolute atomic E-state index is 14.0. The zero-order valence-electron chi connectivity index (χ0n) is 13.2. The number of nitrogens with one attached hydrogen (secondary N) is 2. The van der Waals surface area contributed by atoms with Gasteiger partial charge in [0.05, 0.1) is 10.9 Å². The number of hydrogen-bond acceptors (Lipinski definition) is 4. The quantitative estimate of drug-likeness (QED) is 0.516. The average molecular weight is 368 g/mol. The first-order valence-corrected chi connectivity index (χ1v) is 7.60. The summed E-state index contributed by atoms with van der Waals surface area (Å²) in [6.45, 7) is 0.608. The number of rotatable bonds is 5. The lowest BCUT2D eigenvalue weighted by Crippen LogP contribution is -2.15. The summed E-state index contributed by atoms with van der Waals surface area (Å²) < 4.78 is 65.1. The molecule has 0 fully saturated rings. The van der Waals surface area contributed by atoms with Crippen LogP contribution >= 0.6 is 0 Å². The van der Waals surface area contributed by atoms with E-state index in [4.69, 9.17) is 0 Å². The molecule has 0 atom stereocenters. The molecule has 4 nitrogen and oxygen atoms in total. The highest BCUT2D eigenvalue weighted by molar-refractivity contribution is 5.91. The molecule has 9 heteroatoms. The van der Waals surface area contributed by atoms with Crippen LogP contribution in [0.3, 0.4) is 0 Å². The third kappa shape index (κ3) is 3.81. The van der Waals surface area contributed by atoms with Crippen molar-refractivity contribution in [1.82, 2.24) is 9.97 Å². The van der Waals surface area contributed by atoms with Gasteiger partial charge in [0.15, 0.2) is 0 Å². The highest BCUT2D eigenvalue weighted by atomic mass is 19.4. The Bertz CT molecular complexity index is 909. The monoisotopic (exact) mass is 368 g/mol. The highest BCUT2D eigenvalue weighted by Gasteiger charge is 2.30. The Hall–Kier alpha value is -2.97. The molecule has 0 amide bonds. The number of fused-ring (bicyclic) bond motifs is 1. The standard InChI is InChI=1S/C17H13F5N4/c18-11-2-3-12(19)16-15(11)13(5-6-25-16)23-7-8-24-14-4-1-10(9-26-14)17(20,21)22/h1-6,9H,7-8H2,(H,23,25)(H,24,26). The third-order valence-electron chi connectivity index (χ3n) is 3.63. The molecule has 1 aromatic carbocycles. The van der Waals surface area contributed by atoms with E-state index in [-0.39, 0.29) is 16.7 Å². The molecule has 2 heterocycles. The number of aromatic nitrogens is 2. The molecular formula is C17H13F5N4. The number of pyridine rings is 2. The van der Waals surface area contributed by atoms with Crippen molar-refractivity contribution >= 4 is 22.4 Å². The van der Waals surface area contributed by atoms with Crippen molar-refractivity contribution in [1.29, 1.82) is 0 Å². The molecule has 0 unspecified atom stereocenters. The van der Waals surface area contributed by atoms with Crippen molar-refractivity contribution in [3.05, 3.63) is 59.9 Å². The van der Waals surface area contributed by atoms with Crippen LogP contribution in [-0.2, 0) is 6.18 Å². The molecule has 0 radical (unpaired) electrons. The van der Waals surface area contributed by atoms with Crippen LogP contribution in [0.4, 0.5) is 33.5 Å². The van der Waals surface area contributed by atoms with Gasteiger partial charge in [-0.3, -0.25) is 4.98 Å². The molecule has 0 aliphatic rings. The summed E-state index contributed by atoms with van der Waals surface area (Å²) in [5.74, 6) is -0.955. The second-order valence-corrected chi connectivity index (χ2v) is 5.39. The number of anilines is 2. The van der Waals surface area contributed by atoms with E-state index in [0.717, 1.165) is 24.4 Å². The minimum absolute atomic E-state index is 0.0418. The van der Waals surface area contributed by atoms with E-state index in [1.165, 1.54) is 18.3 Å². The van der Waals surface area contributed by atoms with E-state index in [1.807, 2.05) is 0 Å². The van der Waals surface area contributed by atoms with Gasteiger partial charge in [0.2, 0.25) is 0 Å². The molecule has 3 aromatic rings. The van der Waals surface area contributed by atoms with Gasteiger partial charge >= 0.3 is 6.18 Å². The predicted molar refractivity (Wildman–Crippen MR) is 87.9 cm³/mol. The van der Waals surface area contributed by atoms with E-state index in [1.54, 1.807) is 0 Å². The Kier molecular flexibility index (Phi) is 4.88. The summed E-state index contributed by atoms with van der Waals surface area (Å²) in [4.78, 5) is 7.52. The number of benzene rings is 1. The van der Waals surface area contributed by atoms with Gasteiger partial charge in [-0.2, -0.15) is 13.2 Å². The van der Waals surface area contributed by atoms with Gasteiger partial charge in [-0.1, -0.05) is 0 Å². The SMILES string of the molecule is Fc1ccc(F)c2c(NCCNc3ccc(C(F)(F)F)cn3)ccnc12. The van der Waals surface area contributed by atoms with Crippen molar-refractivity contribution < 1.29 is 22.0 Å². The maximum atomic E-state index is 14.0. The number of nitrogens with zero attached hydrogens (tertiary/aromatic N) is 2. The highest BCUT2D eigenvalue weighted by Crippen LogP contribution is 2.29. The third-order valence-corrected chi connectivity index (χ3v) is 3.63. The van der Waals surface area contributed by atoms with Gasteiger partial charge in [0.25, 0.3) is 0 Å². The fourth-order valence-corrected chi connectivity index (χ4v) is 2.39. The van der Waals surface area contributed by atoms with E-state index in [0.29, 0.717) is 18.8 Å². The van der Waals surface area contributed by atoms with Crippen molar-refractivity contribution in [2.75, 3.05) is 23.7 Å². The summed E-state index contributed by atoms with van der Waals surface area (Å²) in [5, 5.41) is 5.83. The minimum Gasteiger partial charge on any atom is -0.383 e. The smallest absolute Gasteiger partial charge is 0.383 e. The van der Waals surface area contributed by atoms with Crippen LogP contribution in [-0.4, -0.2) is 23.1 Å². The molecule has 26 heavy (non-hydrogen) atoms. The predicted octanol–water partition coefficient (Wildman–Crippen LogP) is 4.45. The molecular weight excluding hydrogens is 355 g/mol. The van der Waals surface area contributed by atoms with Gasteiger partial charge < -0.3 is 10.6 Å². The first kappa shape index (κ1) is 17.8. The fraction of sp³-hybridized carbons (Fsp3) is 0.176. The fourth-order valence-electron chi connectivity index (χ4n) is 2.39. The van der Waals surface area contributed by atoms with Gasteiger partial charge in [0.1, 0.15) is 23.0 Å². The Morgan fingerprint density at radius 3 is 2.27 bits per heavy atom. The Morgan fingerprint density at radius 1 is 0.846 bits per heavy atom. The topological polar surface area (TPSA) is 49.8 Å². The molecule has 0 saturated heterocycles. The van der Waals surface area contributed by atoms with E-state index in [9.17, 15) is 22.0 Å². The second-order valence-electron chi connectivity index (χ2n) is 5.39. The first-order chi connectivity index (χ1) is 12.4. The lowest BCUT2D eigenvalue weighted by molar-refractivity contribution is -0.137. The molecule has 0 bridgehead atoms. The molecule has 0 aliphatic carbocycles. The zero-order valence-corrected chi connectivity index (χ0v) is 13.2. The van der Waals surface area contributed by atoms with Crippen LogP contribution in [0.15, 0.2) is 42.7 Å². The summed E-state index contributed by atoms with van der Waals surface area (Å²) >= 11 is 0. The van der Waals surface area contributed by atoms with Gasteiger partial charge in [0, 0.05) is 31.2 Å². The lowest BCUT2D eigenvalue weighted by Gasteiger charge is -2.12. The van der Waals surface area contributed by atoms with Crippen molar-refractivity contribution in [2.24, 2.45) is 0 Å². The molecule has 2 N–H and O–H groups in total. The lowest BCUT2D eigenvalue weighted by atomic mass is 10.1. The van der Waals surface area contributed by atoms with Crippen LogP contribution in [0.2, 0.25) is 0 Å². The number of halogens is 5. The Labute approximate surface area is 145 Å². The first-order valence-electron chi connectivity index (χ1n) is 7.60. The molecule has 0 aliphatic heterocycles. The molecule has 136 valence electrons. The molecule has 2 aromatic heterocycles. The van der Waals surface area contributed by atoms with E-state index in [2.05, 4.69) is 20.6 Å². The summed E-state index contributed by atoms with van der Waals surface area (Å²) in [6, 6.07) is 5.69. The summed E-state index contributed by atoms with van der Waals surface area (Å²) in [6.07, 6.45) is -2.34. The number of hydrogen-bond donors (Lipinski definition) is 2. The van der Waals surface area contributed by atoms with Crippen LogP contribution < -0.4 is 10.6 Å². The van der Waals surface area contributed by atoms with Crippen LogP contribution in [0.25, 0.3) is 10.9 Å². The molecule has 0 saturated carbocycles. The van der Waals surface area contributed by atoms with Crippen LogP contribution in [0.1, 0.15) is 5.56 Å². The Balaban J connectivity index is 1.62. The largest absolute Gasteiger partial charge is 0.417 e. The van der Waals surface area contributed by atoms with Crippen LogP contribution in [0, 0.1) is 11.6 Å². The van der Waals surface area contributed by atoms with E-state index < -0.39 is 23.4 Å². The summed E-state index contributed by atoms with van der Waals surface area (Å²) in [5.41, 5.74) is -0.538. The van der Waals surface area contributed by atoms with Crippen molar-refractivity contribution in [3.8, 4) is 0 Å². The second kappa shape index (κ2) is 7.11. The zero-order chi connectivity index (χ0) is 18.7.